The second kappa shape index (κ2) is 8.38. The van der Waals surface area contributed by atoms with Crippen LogP contribution in [-0.2, 0) is 0 Å². The molecular formula is C25H24S2. The van der Waals surface area contributed by atoms with E-state index in [9.17, 15) is 0 Å². The van der Waals surface area contributed by atoms with E-state index in [1.807, 2.05) is 23.1 Å². The zero-order chi connectivity index (χ0) is 18.6. The van der Waals surface area contributed by atoms with Crippen LogP contribution in [0.4, 0.5) is 0 Å². The highest BCUT2D eigenvalue weighted by atomic mass is 32.2. The van der Waals surface area contributed by atoms with Gasteiger partial charge < -0.3 is 0 Å². The summed E-state index contributed by atoms with van der Waals surface area (Å²) in [6.07, 6.45) is 11.3. The van der Waals surface area contributed by atoms with Crippen LogP contribution in [0.5, 0.6) is 0 Å². The van der Waals surface area contributed by atoms with E-state index in [4.69, 9.17) is 0 Å². The number of allylic oxidation sites excluding steroid dienone is 6. The average Bonchev–Trinajstić information content (AvgIpc) is 3.36. The fourth-order valence-corrected chi connectivity index (χ4v) is 5.57. The Bertz CT molecular complexity index is 971. The number of hydrogen-bond acceptors (Lipinski definition) is 2. The number of hydrogen-bond donors (Lipinski definition) is 0. The molecule has 0 nitrogen and oxygen atoms in total. The Balaban J connectivity index is 1.41. The molecule has 2 heterocycles. The van der Waals surface area contributed by atoms with Crippen molar-refractivity contribution in [3.05, 3.63) is 86.0 Å². The van der Waals surface area contributed by atoms with Gasteiger partial charge in [-0.15, -0.1) is 23.1 Å². The molecule has 0 saturated heterocycles. The predicted molar refractivity (Wildman–Crippen MR) is 121 cm³/mol. The highest BCUT2D eigenvalue weighted by molar-refractivity contribution is 8.03. The van der Waals surface area contributed by atoms with Crippen LogP contribution < -0.4 is 0 Å². The van der Waals surface area contributed by atoms with Gasteiger partial charge in [-0.05, 0) is 72.9 Å². The molecular weight excluding hydrogens is 364 g/mol. The first-order chi connectivity index (χ1) is 13.2. The maximum absolute atomic E-state index is 3.37. The van der Waals surface area contributed by atoms with Gasteiger partial charge in [-0.3, -0.25) is 0 Å². The Morgan fingerprint density at radius 2 is 1.85 bits per heavy atom. The lowest BCUT2D eigenvalue weighted by molar-refractivity contribution is 0.988. The van der Waals surface area contributed by atoms with Gasteiger partial charge in [0.15, 0.2) is 0 Å². The van der Waals surface area contributed by atoms with Crippen LogP contribution in [0, 0.1) is 18.8 Å². The second-order valence-corrected chi connectivity index (χ2v) is 9.65. The molecule has 4 rings (SSSR count). The molecule has 1 aromatic carbocycles. The monoisotopic (exact) mass is 388 g/mol. The summed E-state index contributed by atoms with van der Waals surface area (Å²) in [5.41, 5.74) is 5.20. The van der Waals surface area contributed by atoms with Crippen molar-refractivity contribution >= 4 is 28.7 Å². The first-order valence-corrected chi connectivity index (χ1v) is 11.3. The largest absolute Gasteiger partial charge is 0.141 e. The fourth-order valence-electron chi connectivity index (χ4n) is 3.44. The highest BCUT2D eigenvalue weighted by Crippen LogP contribution is 2.44. The summed E-state index contributed by atoms with van der Waals surface area (Å²) in [5.74, 6) is 6.72. The van der Waals surface area contributed by atoms with E-state index in [0.29, 0.717) is 5.25 Å². The number of benzene rings is 1. The van der Waals surface area contributed by atoms with Gasteiger partial charge in [0.1, 0.15) is 0 Å². The van der Waals surface area contributed by atoms with Gasteiger partial charge in [0.25, 0.3) is 0 Å². The molecule has 0 saturated carbocycles. The van der Waals surface area contributed by atoms with Crippen LogP contribution in [-0.4, -0.2) is 0 Å². The van der Waals surface area contributed by atoms with Crippen LogP contribution in [0.2, 0.25) is 0 Å². The summed E-state index contributed by atoms with van der Waals surface area (Å²) >= 11 is 3.90. The first kappa shape index (κ1) is 18.4. The Kier molecular flexibility index (Phi) is 5.72. The molecule has 0 amide bonds. The topological polar surface area (TPSA) is 0 Å². The number of rotatable bonds is 3. The minimum atomic E-state index is 0.590. The van der Waals surface area contributed by atoms with Crippen molar-refractivity contribution in [3.63, 3.8) is 0 Å². The minimum Gasteiger partial charge on any atom is -0.141 e. The van der Waals surface area contributed by atoms with Gasteiger partial charge in [-0.1, -0.05) is 49.1 Å². The zero-order valence-corrected chi connectivity index (χ0v) is 17.6. The summed E-state index contributed by atoms with van der Waals surface area (Å²) in [4.78, 5) is 4.30. The van der Waals surface area contributed by atoms with Gasteiger partial charge in [0.05, 0.1) is 0 Å². The number of thiophene rings is 1. The molecule has 0 spiro atoms. The van der Waals surface area contributed by atoms with Crippen molar-refractivity contribution in [1.29, 1.82) is 0 Å². The van der Waals surface area contributed by atoms with Crippen LogP contribution >= 0.6 is 23.1 Å². The van der Waals surface area contributed by atoms with Crippen molar-refractivity contribution in [3.8, 4) is 11.8 Å². The average molecular weight is 389 g/mol. The SMILES string of the molecule is CCC1=CCC(c2ccc(C#CC3=CC=C(c4ccc(C)s4)CC3)cc2)S1. The molecule has 0 radical (unpaired) electrons. The van der Waals surface area contributed by atoms with Crippen LogP contribution in [0.15, 0.2) is 65.1 Å². The predicted octanol–water partition coefficient (Wildman–Crippen LogP) is 7.68. The third kappa shape index (κ3) is 4.49. The summed E-state index contributed by atoms with van der Waals surface area (Å²) in [7, 11) is 0. The fraction of sp³-hybridized carbons (Fsp3) is 0.280. The van der Waals surface area contributed by atoms with Crippen LogP contribution in [0.1, 0.15) is 58.7 Å². The van der Waals surface area contributed by atoms with Gasteiger partial charge in [-0.25, -0.2) is 0 Å². The van der Waals surface area contributed by atoms with Crippen molar-refractivity contribution < 1.29 is 0 Å². The van der Waals surface area contributed by atoms with Gasteiger partial charge in [0.2, 0.25) is 0 Å². The standard InChI is InChI=1S/C25H24S2/c1-3-23-15-17-25(27-23)22-13-9-20(10-14-22)6-5-19-7-11-21(12-8-19)24-16-4-18(2)26-24/h4,7,9-11,13-16,25H,3,8,12,17H2,1-2H3. The lowest BCUT2D eigenvalue weighted by atomic mass is 9.97. The summed E-state index contributed by atoms with van der Waals surface area (Å²) in [5, 5.41) is 0.590. The van der Waals surface area contributed by atoms with E-state index in [0.717, 1.165) is 31.2 Å². The smallest absolute Gasteiger partial charge is 0.0376 e. The molecule has 2 heteroatoms. The molecule has 1 aromatic heterocycles. The molecule has 1 aliphatic heterocycles. The molecule has 1 atom stereocenters. The van der Waals surface area contributed by atoms with E-state index in [1.54, 1.807) is 0 Å². The molecule has 0 fully saturated rings. The summed E-state index contributed by atoms with van der Waals surface area (Å²) in [6.45, 7) is 4.40. The first-order valence-electron chi connectivity index (χ1n) is 9.65. The zero-order valence-electron chi connectivity index (χ0n) is 15.9. The van der Waals surface area contributed by atoms with Crippen LogP contribution in [0.3, 0.4) is 0 Å². The molecule has 0 bridgehead atoms. The molecule has 136 valence electrons. The van der Waals surface area contributed by atoms with Crippen molar-refractivity contribution in [2.24, 2.45) is 0 Å². The van der Waals surface area contributed by atoms with E-state index in [-0.39, 0.29) is 0 Å². The Morgan fingerprint density at radius 1 is 1.00 bits per heavy atom. The molecule has 27 heavy (non-hydrogen) atoms. The number of aryl methyl sites for hydroxylation is 1. The summed E-state index contributed by atoms with van der Waals surface area (Å²) < 4.78 is 0. The van der Waals surface area contributed by atoms with E-state index < -0.39 is 0 Å². The molecule has 2 aliphatic rings. The Morgan fingerprint density at radius 3 is 2.48 bits per heavy atom. The lowest BCUT2D eigenvalue weighted by Gasteiger charge is -2.10. The lowest BCUT2D eigenvalue weighted by Crippen LogP contribution is -1.91. The van der Waals surface area contributed by atoms with Crippen molar-refractivity contribution in [2.75, 3.05) is 0 Å². The summed E-state index contributed by atoms with van der Waals surface area (Å²) in [6, 6.07) is 13.3. The van der Waals surface area contributed by atoms with Gasteiger partial charge in [0, 0.05) is 26.1 Å². The molecule has 2 aromatic rings. The third-order valence-electron chi connectivity index (χ3n) is 5.06. The maximum atomic E-state index is 3.37. The van der Waals surface area contributed by atoms with Gasteiger partial charge >= 0.3 is 0 Å². The molecule has 1 unspecified atom stereocenters. The third-order valence-corrected chi connectivity index (χ3v) is 7.64. The van der Waals surface area contributed by atoms with Gasteiger partial charge in [-0.2, -0.15) is 0 Å². The minimum absolute atomic E-state index is 0.590. The molecule has 0 N–H and O–H groups in total. The highest BCUT2D eigenvalue weighted by Gasteiger charge is 2.18. The second-order valence-electron chi connectivity index (χ2n) is 7.03. The Hall–Kier alpha value is -1.95. The van der Waals surface area contributed by atoms with E-state index >= 15 is 0 Å². The normalized spacial score (nSPS) is 19.0. The van der Waals surface area contributed by atoms with Crippen molar-refractivity contribution in [2.45, 2.75) is 44.8 Å². The van der Waals surface area contributed by atoms with E-state index in [1.165, 1.54) is 31.4 Å². The molecule has 1 aliphatic carbocycles. The van der Waals surface area contributed by atoms with E-state index in [2.05, 4.69) is 80.3 Å². The number of thioether (sulfide) groups is 1. The van der Waals surface area contributed by atoms with Crippen molar-refractivity contribution in [1.82, 2.24) is 0 Å². The quantitative estimate of drug-likeness (QED) is 0.486. The maximum Gasteiger partial charge on any atom is 0.0376 e. The Labute approximate surface area is 171 Å². The van der Waals surface area contributed by atoms with Crippen LogP contribution in [0.25, 0.3) is 5.57 Å².